The zero-order chi connectivity index (χ0) is 6.36. The molecule has 0 amide bonds. The Morgan fingerprint density at radius 3 is 2.00 bits per heavy atom. The molecular formula is C6H12FN. The molecule has 2 heteroatoms. The smallest absolute Gasteiger partial charge is 0.0943 e. The van der Waals surface area contributed by atoms with Gasteiger partial charge in [-0.05, 0) is 5.41 Å². The Morgan fingerprint density at radius 1 is 1.62 bits per heavy atom. The maximum absolute atomic E-state index is 11.8. The van der Waals surface area contributed by atoms with Crippen LogP contribution >= 0.6 is 0 Å². The minimum Gasteiger partial charge on any atom is -0.327 e. The molecule has 0 heterocycles. The Labute approximate surface area is 49.1 Å². The van der Waals surface area contributed by atoms with Crippen molar-refractivity contribution in [3.8, 4) is 0 Å². The molecule has 0 aliphatic heterocycles. The summed E-state index contributed by atoms with van der Waals surface area (Å²) in [6.45, 7) is 3.75. The van der Waals surface area contributed by atoms with Gasteiger partial charge in [-0.1, -0.05) is 13.8 Å². The highest BCUT2D eigenvalue weighted by molar-refractivity contribution is 5.08. The molecule has 1 rings (SSSR count). The van der Waals surface area contributed by atoms with Crippen LogP contribution in [0.1, 0.15) is 13.8 Å². The fourth-order valence-corrected chi connectivity index (χ4v) is 1.08. The molecule has 0 unspecified atom stereocenters. The normalized spacial score (nSPS) is 42.0. The fraction of sp³-hybridized carbons (Fsp3) is 1.00. The fourth-order valence-electron chi connectivity index (χ4n) is 1.08. The first kappa shape index (κ1) is 6.02. The van der Waals surface area contributed by atoms with Gasteiger partial charge in [0.1, 0.15) is 0 Å². The second-order valence-electron chi connectivity index (χ2n) is 3.11. The lowest BCUT2D eigenvalue weighted by molar-refractivity contribution is 0.408. The van der Waals surface area contributed by atoms with E-state index in [1.165, 1.54) is 0 Å². The van der Waals surface area contributed by atoms with Crippen LogP contribution in [0.3, 0.4) is 0 Å². The van der Waals surface area contributed by atoms with Crippen molar-refractivity contribution in [3.63, 3.8) is 0 Å². The van der Waals surface area contributed by atoms with Gasteiger partial charge < -0.3 is 5.73 Å². The Hall–Kier alpha value is -0.110. The van der Waals surface area contributed by atoms with E-state index in [0.717, 1.165) is 0 Å². The molecule has 0 bridgehead atoms. The summed E-state index contributed by atoms with van der Waals surface area (Å²) in [5, 5.41) is 0. The molecule has 2 N–H and O–H groups in total. The van der Waals surface area contributed by atoms with Crippen molar-refractivity contribution in [2.75, 3.05) is 6.67 Å². The highest BCUT2D eigenvalue weighted by Gasteiger charge is 2.55. The highest BCUT2D eigenvalue weighted by atomic mass is 19.1. The second kappa shape index (κ2) is 1.44. The van der Waals surface area contributed by atoms with Crippen molar-refractivity contribution >= 4 is 0 Å². The van der Waals surface area contributed by atoms with Crippen molar-refractivity contribution in [2.45, 2.75) is 19.9 Å². The van der Waals surface area contributed by atoms with Gasteiger partial charge in [0.25, 0.3) is 0 Å². The zero-order valence-electron chi connectivity index (χ0n) is 5.32. The summed E-state index contributed by atoms with van der Waals surface area (Å²) in [4.78, 5) is 0. The van der Waals surface area contributed by atoms with E-state index >= 15 is 0 Å². The third kappa shape index (κ3) is 0.558. The van der Waals surface area contributed by atoms with Crippen molar-refractivity contribution in [1.29, 1.82) is 0 Å². The molecule has 0 aromatic heterocycles. The highest BCUT2D eigenvalue weighted by Crippen LogP contribution is 2.50. The van der Waals surface area contributed by atoms with Gasteiger partial charge in [0.15, 0.2) is 0 Å². The van der Waals surface area contributed by atoms with Crippen LogP contribution in [-0.4, -0.2) is 12.7 Å². The first-order valence-electron chi connectivity index (χ1n) is 2.92. The monoisotopic (exact) mass is 117 g/mol. The predicted octanol–water partition coefficient (Wildman–Crippen LogP) is 0.939. The van der Waals surface area contributed by atoms with Crippen LogP contribution in [0, 0.1) is 11.3 Å². The summed E-state index contributed by atoms with van der Waals surface area (Å²) < 4.78 is 11.8. The first-order valence-corrected chi connectivity index (χ1v) is 2.92. The molecule has 0 aromatic carbocycles. The van der Waals surface area contributed by atoms with Crippen molar-refractivity contribution in [2.24, 2.45) is 17.1 Å². The largest absolute Gasteiger partial charge is 0.327 e. The molecule has 1 aliphatic rings. The van der Waals surface area contributed by atoms with E-state index in [-0.39, 0.29) is 24.0 Å². The van der Waals surface area contributed by atoms with Crippen LogP contribution < -0.4 is 5.73 Å². The number of hydrogen-bond donors (Lipinski definition) is 1. The Morgan fingerprint density at radius 2 is 2.00 bits per heavy atom. The Bertz CT molecular complexity index is 101. The molecule has 8 heavy (non-hydrogen) atoms. The van der Waals surface area contributed by atoms with Gasteiger partial charge >= 0.3 is 0 Å². The van der Waals surface area contributed by atoms with Crippen LogP contribution in [0.2, 0.25) is 0 Å². The summed E-state index contributed by atoms with van der Waals surface area (Å²) in [6, 6.07) is 0.104. The molecule has 1 fully saturated rings. The number of hydrogen-bond acceptors (Lipinski definition) is 1. The molecule has 2 atom stereocenters. The van der Waals surface area contributed by atoms with Crippen LogP contribution in [0.15, 0.2) is 0 Å². The minimum atomic E-state index is -0.256. The minimum absolute atomic E-state index is 0.0781. The van der Waals surface area contributed by atoms with Gasteiger partial charge in [-0.2, -0.15) is 0 Å². The topological polar surface area (TPSA) is 26.0 Å². The standard InChI is InChI=1S/C6H12FN/c1-6(2)4(3-7)5(6)8/h4-5H,3,8H2,1-2H3/t4-,5-/m0/s1. The number of alkyl halides is 1. The quantitative estimate of drug-likeness (QED) is 0.543. The summed E-state index contributed by atoms with van der Waals surface area (Å²) >= 11 is 0. The molecule has 0 saturated heterocycles. The van der Waals surface area contributed by atoms with E-state index in [0.29, 0.717) is 0 Å². The van der Waals surface area contributed by atoms with Gasteiger partial charge in [0, 0.05) is 12.0 Å². The van der Waals surface area contributed by atoms with Gasteiger partial charge in [-0.3, -0.25) is 4.39 Å². The summed E-state index contributed by atoms with van der Waals surface area (Å²) in [7, 11) is 0. The third-order valence-electron chi connectivity index (χ3n) is 2.31. The lowest BCUT2D eigenvalue weighted by Gasteiger charge is -1.94. The number of rotatable bonds is 1. The maximum atomic E-state index is 11.8. The molecular weight excluding hydrogens is 105 g/mol. The predicted molar refractivity (Wildman–Crippen MR) is 31.2 cm³/mol. The van der Waals surface area contributed by atoms with E-state index < -0.39 is 0 Å². The molecule has 0 aromatic rings. The molecule has 48 valence electrons. The molecule has 1 aliphatic carbocycles. The van der Waals surface area contributed by atoms with Crippen molar-refractivity contribution in [1.82, 2.24) is 0 Å². The van der Waals surface area contributed by atoms with E-state index in [1.54, 1.807) is 0 Å². The summed E-state index contributed by atoms with van der Waals surface area (Å²) in [5.41, 5.74) is 5.59. The first-order chi connectivity index (χ1) is 3.60. The maximum Gasteiger partial charge on any atom is 0.0943 e. The Kier molecular flexibility index (Phi) is 1.08. The SMILES string of the molecule is CC1(C)[C@@H](N)[C@@H]1CF. The van der Waals surface area contributed by atoms with Crippen molar-refractivity contribution in [3.05, 3.63) is 0 Å². The summed E-state index contributed by atoms with van der Waals surface area (Å²) in [5.74, 6) is 0.127. The molecule has 1 saturated carbocycles. The van der Waals surface area contributed by atoms with Crippen LogP contribution in [-0.2, 0) is 0 Å². The average Bonchev–Trinajstić information content (AvgIpc) is 2.09. The van der Waals surface area contributed by atoms with E-state index in [1.807, 2.05) is 13.8 Å². The van der Waals surface area contributed by atoms with E-state index in [4.69, 9.17) is 5.73 Å². The van der Waals surface area contributed by atoms with Crippen LogP contribution in [0.5, 0.6) is 0 Å². The third-order valence-corrected chi connectivity index (χ3v) is 2.31. The summed E-state index contributed by atoms with van der Waals surface area (Å²) in [6.07, 6.45) is 0. The molecule has 0 radical (unpaired) electrons. The zero-order valence-corrected chi connectivity index (χ0v) is 5.32. The van der Waals surface area contributed by atoms with E-state index in [2.05, 4.69) is 0 Å². The van der Waals surface area contributed by atoms with Crippen LogP contribution in [0.25, 0.3) is 0 Å². The van der Waals surface area contributed by atoms with Gasteiger partial charge in [0.05, 0.1) is 6.67 Å². The van der Waals surface area contributed by atoms with Gasteiger partial charge in [0.2, 0.25) is 0 Å². The van der Waals surface area contributed by atoms with E-state index in [9.17, 15) is 4.39 Å². The van der Waals surface area contributed by atoms with Crippen LogP contribution in [0.4, 0.5) is 4.39 Å². The lowest BCUT2D eigenvalue weighted by Crippen LogP contribution is -2.06. The molecule has 1 nitrogen and oxygen atoms in total. The lowest BCUT2D eigenvalue weighted by atomic mass is 10.1. The average molecular weight is 117 g/mol. The van der Waals surface area contributed by atoms with Gasteiger partial charge in [-0.15, -0.1) is 0 Å². The molecule has 0 spiro atoms. The van der Waals surface area contributed by atoms with Crippen molar-refractivity contribution < 1.29 is 4.39 Å². The second-order valence-corrected chi connectivity index (χ2v) is 3.11. The Balaban J connectivity index is 2.45. The number of nitrogens with two attached hydrogens (primary N) is 1. The number of halogens is 1. The van der Waals surface area contributed by atoms with Gasteiger partial charge in [-0.25, -0.2) is 0 Å².